The van der Waals surface area contributed by atoms with Crippen molar-refractivity contribution >= 4 is 17.6 Å². The second kappa shape index (κ2) is 11.1. The molecule has 3 rings (SSSR count). The van der Waals surface area contributed by atoms with E-state index >= 15 is 0 Å². The van der Waals surface area contributed by atoms with Crippen LogP contribution >= 0.6 is 0 Å². The lowest BCUT2D eigenvalue weighted by Crippen LogP contribution is -2.25. The van der Waals surface area contributed by atoms with Crippen molar-refractivity contribution in [1.29, 1.82) is 5.26 Å². The number of methoxy groups -OCH3 is 1. The molecule has 2 aromatic rings. The zero-order valence-electron chi connectivity index (χ0n) is 19.4. The van der Waals surface area contributed by atoms with Crippen LogP contribution < -0.4 is 20.5 Å². The van der Waals surface area contributed by atoms with Gasteiger partial charge < -0.3 is 30.0 Å². The average molecular weight is 481 g/mol. The number of carbonyl (C=O) groups is 2. The van der Waals surface area contributed by atoms with Gasteiger partial charge in [0, 0.05) is 5.69 Å². The fourth-order valence-corrected chi connectivity index (χ4v) is 3.54. The van der Waals surface area contributed by atoms with Crippen LogP contribution in [0.25, 0.3) is 0 Å². The minimum absolute atomic E-state index is 0.0491. The Morgan fingerprint density at radius 3 is 2.54 bits per heavy atom. The first-order valence-corrected chi connectivity index (χ1v) is 10.6. The maximum atomic E-state index is 13.0. The summed E-state index contributed by atoms with van der Waals surface area (Å²) in [6.07, 6.45) is 0. The first-order chi connectivity index (χ1) is 16.8. The van der Waals surface area contributed by atoms with Crippen LogP contribution in [0.15, 0.2) is 65.3 Å². The van der Waals surface area contributed by atoms with E-state index in [1.807, 2.05) is 6.07 Å². The highest BCUT2D eigenvalue weighted by Crippen LogP contribution is 2.42. The molecular weight excluding hydrogens is 457 g/mol. The van der Waals surface area contributed by atoms with Crippen LogP contribution in [0.3, 0.4) is 0 Å². The molecule has 0 spiro atoms. The summed E-state index contributed by atoms with van der Waals surface area (Å²) in [6, 6.07) is 12.1. The fourth-order valence-electron chi connectivity index (χ4n) is 3.54. The summed E-state index contributed by atoms with van der Waals surface area (Å²) in [6.45, 7) is 3.03. The molecule has 1 amide bonds. The van der Waals surface area contributed by atoms with E-state index in [0.717, 1.165) is 0 Å². The maximum absolute atomic E-state index is 13.0. The summed E-state index contributed by atoms with van der Waals surface area (Å²) in [5.41, 5.74) is 7.05. The number of nitriles is 1. The summed E-state index contributed by atoms with van der Waals surface area (Å²) in [4.78, 5) is 24.9. The first-order valence-electron chi connectivity index (χ1n) is 10.6. The van der Waals surface area contributed by atoms with Crippen molar-refractivity contribution in [1.82, 2.24) is 0 Å². The number of esters is 1. The molecule has 0 saturated carbocycles. The molecule has 0 radical (unpaired) electrons. The number of nitrogens with one attached hydrogen (secondary N) is 1. The van der Waals surface area contributed by atoms with E-state index in [4.69, 9.17) is 24.7 Å². The number of hydrogen-bond acceptors (Lipinski definition) is 8. The number of rotatable bonds is 8. The summed E-state index contributed by atoms with van der Waals surface area (Å²) in [7, 11) is 1.41. The van der Waals surface area contributed by atoms with Crippen LogP contribution in [0.5, 0.6) is 11.5 Å². The number of nitrogens with zero attached hydrogens (tertiary/aromatic N) is 1. The van der Waals surface area contributed by atoms with Gasteiger partial charge in [-0.3, -0.25) is 4.79 Å². The summed E-state index contributed by atoms with van der Waals surface area (Å²) < 4.78 is 34.6. The topological polar surface area (TPSA) is 133 Å². The molecule has 182 valence electrons. The maximum Gasteiger partial charge on any atom is 0.338 e. The van der Waals surface area contributed by atoms with Gasteiger partial charge in [0.05, 0.1) is 25.2 Å². The standard InChI is InChI=1S/C25H24FN3O6/c1-4-33-25(31)22-14(2)35-24(28)18(12-27)23(22)15-5-10-19(20(11-15)32-3)34-13-21(30)29-17-8-6-16(26)7-9-17/h5-11,23H,4,13,28H2,1-3H3,(H,29,30). The Bertz CT molecular complexity index is 1230. The van der Waals surface area contributed by atoms with E-state index < -0.39 is 23.6 Å². The number of allylic oxidation sites excluding steroid dienone is 2. The Balaban J connectivity index is 1.85. The molecule has 1 atom stereocenters. The second-order valence-electron chi connectivity index (χ2n) is 7.37. The number of benzene rings is 2. The first kappa shape index (κ1) is 25.1. The average Bonchev–Trinajstić information content (AvgIpc) is 2.83. The highest BCUT2D eigenvalue weighted by molar-refractivity contribution is 5.93. The van der Waals surface area contributed by atoms with Gasteiger partial charge in [0.2, 0.25) is 5.88 Å². The van der Waals surface area contributed by atoms with E-state index in [9.17, 15) is 19.2 Å². The van der Waals surface area contributed by atoms with E-state index in [-0.39, 0.29) is 47.5 Å². The van der Waals surface area contributed by atoms with Crippen LogP contribution in [-0.4, -0.2) is 32.2 Å². The lowest BCUT2D eigenvalue weighted by atomic mass is 9.83. The monoisotopic (exact) mass is 481 g/mol. The van der Waals surface area contributed by atoms with Crippen molar-refractivity contribution in [3.8, 4) is 17.6 Å². The van der Waals surface area contributed by atoms with E-state index in [1.54, 1.807) is 32.0 Å². The molecule has 10 heteroatoms. The van der Waals surface area contributed by atoms with Crippen molar-refractivity contribution in [2.24, 2.45) is 5.73 Å². The highest BCUT2D eigenvalue weighted by Gasteiger charge is 2.36. The lowest BCUT2D eigenvalue weighted by Gasteiger charge is -2.27. The molecule has 0 fully saturated rings. The third-order valence-corrected chi connectivity index (χ3v) is 5.11. The quantitative estimate of drug-likeness (QED) is 0.548. The van der Waals surface area contributed by atoms with Crippen molar-refractivity contribution in [3.63, 3.8) is 0 Å². The Hall–Kier alpha value is -4.52. The SMILES string of the molecule is CCOC(=O)C1=C(C)OC(N)=C(C#N)C1c1ccc(OCC(=O)Nc2ccc(F)cc2)c(OC)c1. The number of amides is 1. The predicted octanol–water partition coefficient (Wildman–Crippen LogP) is 3.50. The van der Waals surface area contributed by atoms with Gasteiger partial charge in [-0.15, -0.1) is 0 Å². The number of halogens is 1. The zero-order valence-corrected chi connectivity index (χ0v) is 19.4. The fraction of sp³-hybridized carbons (Fsp3) is 0.240. The molecule has 1 unspecified atom stereocenters. The minimum atomic E-state index is -0.850. The Morgan fingerprint density at radius 1 is 1.20 bits per heavy atom. The van der Waals surface area contributed by atoms with Crippen LogP contribution in [-0.2, 0) is 19.1 Å². The van der Waals surface area contributed by atoms with Gasteiger partial charge in [-0.1, -0.05) is 6.07 Å². The smallest absolute Gasteiger partial charge is 0.338 e. The van der Waals surface area contributed by atoms with Gasteiger partial charge in [-0.05, 0) is 55.8 Å². The number of anilines is 1. The predicted molar refractivity (Wildman–Crippen MR) is 124 cm³/mol. The Morgan fingerprint density at radius 2 is 1.91 bits per heavy atom. The van der Waals surface area contributed by atoms with Gasteiger partial charge in [-0.25, -0.2) is 9.18 Å². The van der Waals surface area contributed by atoms with E-state index in [0.29, 0.717) is 11.3 Å². The van der Waals surface area contributed by atoms with Crippen LogP contribution in [0.2, 0.25) is 0 Å². The molecule has 1 aliphatic heterocycles. The second-order valence-corrected chi connectivity index (χ2v) is 7.37. The molecule has 1 heterocycles. The van der Waals surface area contributed by atoms with Gasteiger partial charge in [0.15, 0.2) is 18.1 Å². The normalized spacial score (nSPS) is 15.1. The molecule has 0 aromatic heterocycles. The van der Waals surface area contributed by atoms with Crippen molar-refractivity contribution < 1.29 is 32.9 Å². The third kappa shape index (κ3) is 5.70. The van der Waals surface area contributed by atoms with Gasteiger partial charge in [-0.2, -0.15) is 5.26 Å². The highest BCUT2D eigenvalue weighted by atomic mass is 19.1. The number of nitrogens with two attached hydrogens (primary N) is 1. The Kier molecular flexibility index (Phi) is 7.94. The van der Waals surface area contributed by atoms with Gasteiger partial charge >= 0.3 is 5.97 Å². The number of carbonyl (C=O) groups excluding carboxylic acids is 2. The number of ether oxygens (including phenoxy) is 4. The molecule has 0 saturated heterocycles. The van der Waals surface area contributed by atoms with Crippen molar-refractivity contribution in [2.75, 3.05) is 25.6 Å². The molecule has 9 nitrogen and oxygen atoms in total. The Labute approximate surface area is 201 Å². The molecule has 0 bridgehead atoms. The van der Waals surface area contributed by atoms with Gasteiger partial charge in [0.1, 0.15) is 23.2 Å². The number of hydrogen-bond donors (Lipinski definition) is 2. The van der Waals surface area contributed by atoms with Crippen molar-refractivity contribution in [3.05, 3.63) is 76.6 Å². The zero-order chi connectivity index (χ0) is 25.5. The van der Waals surface area contributed by atoms with E-state index in [1.165, 1.54) is 31.4 Å². The third-order valence-electron chi connectivity index (χ3n) is 5.11. The van der Waals surface area contributed by atoms with Crippen molar-refractivity contribution in [2.45, 2.75) is 19.8 Å². The van der Waals surface area contributed by atoms with E-state index in [2.05, 4.69) is 5.32 Å². The minimum Gasteiger partial charge on any atom is -0.493 e. The molecule has 35 heavy (non-hydrogen) atoms. The van der Waals surface area contributed by atoms with Gasteiger partial charge in [0.25, 0.3) is 5.91 Å². The summed E-state index contributed by atoms with van der Waals surface area (Å²) in [5, 5.41) is 12.3. The molecule has 2 aromatic carbocycles. The molecule has 1 aliphatic rings. The van der Waals surface area contributed by atoms with Crippen LogP contribution in [0, 0.1) is 17.1 Å². The lowest BCUT2D eigenvalue weighted by molar-refractivity contribution is -0.139. The van der Waals surface area contributed by atoms with Crippen LogP contribution in [0.4, 0.5) is 10.1 Å². The molecule has 3 N–H and O–H groups in total. The molecule has 0 aliphatic carbocycles. The molecular formula is C25H24FN3O6. The van der Waals surface area contributed by atoms with Crippen LogP contribution in [0.1, 0.15) is 25.3 Å². The largest absolute Gasteiger partial charge is 0.493 e. The summed E-state index contributed by atoms with van der Waals surface area (Å²) in [5.74, 6) is -1.73. The summed E-state index contributed by atoms with van der Waals surface area (Å²) >= 11 is 0.